The summed E-state index contributed by atoms with van der Waals surface area (Å²) in [6.45, 7) is 0.327. The van der Waals surface area contributed by atoms with Crippen LogP contribution in [-0.4, -0.2) is 25.7 Å². The SMILES string of the molecule is Cn1ncc(CNC(=O)c2cncnc2)c1N. The molecular weight excluding hydrogens is 220 g/mol. The van der Waals surface area contributed by atoms with Gasteiger partial charge in [0.05, 0.1) is 11.8 Å². The molecule has 2 rings (SSSR count). The Morgan fingerprint density at radius 3 is 2.71 bits per heavy atom. The number of hydrogen-bond donors (Lipinski definition) is 2. The smallest absolute Gasteiger partial charge is 0.254 e. The third-order valence-corrected chi connectivity index (χ3v) is 2.33. The minimum Gasteiger partial charge on any atom is -0.384 e. The average Bonchev–Trinajstić information content (AvgIpc) is 2.68. The highest BCUT2D eigenvalue weighted by molar-refractivity contribution is 5.93. The fourth-order valence-corrected chi connectivity index (χ4v) is 1.32. The van der Waals surface area contributed by atoms with Crippen LogP contribution >= 0.6 is 0 Å². The second-order valence-corrected chi connectivity index (χ2v) is 3.49. The second-order valence-electron chi connectivity index (χ2n) is 3.49. The van der Waals surface area contributed by atoms with Crippen molar-refractivity contribution in [3.8, 4) is 0 Å². The number of amides is 1. The zero-order valence-corrected chi connectivity index (χ0v) is 9.29. The molecule has 7 heteroatoms. The minimum atomic E-state index is -0.242. The van der Waals surface area contributed by atoms with E-state index >= 15 is 0 Å². The highest BCUT2D eigenvalue weighted by Gasteiger charge is 2.08. The number of nitrogen functional groups attached to an aromatic ring is 1. The van der Waals surface area contributed by atoms with Crippen molar-refractivity contribution in [3.05, 3.63) is 36.0 Å². The Kier molecular flexibility index (Phi) is 2.99. The molecule has 0 aliphatic heterocycles. The summed E-state index contributed by atoms with van der Waals surface area (Å²) < 4.78 is 1.55. The third kappa shape index (κ3) is 2.39. The van der Waals surface area contributed by atoms with Crippen molar-refractivity contribution in [2.45, 2.75) is 6.54 Å². The molecular formula is C10H12N6O. The number of nitrogens with zero attached hydrogens (tertiary/aromatic N) is 4. The summed E-state index contributed by atoms with van der Waals surface area (Å²) in [7, 11) is 1.74. The lowest BCUT2D eigenvalue weighted by atomic mass is 10.3. The molecule has 0 unspecified atom stereocenters. The molecule has 0 aliphatic carbocycles. The van der Waals surface area contributed by atoms with E-state index in [2.05, 4.69) is 20.4 Å². The van der Waals surface area contributed by atoms with E-state index in [4.69, 9.17) is 5.73 Å². The van der Waals surface area contributed by atoms with E-state index in [0.717, 1.165) is 5.56 Å². The summed E-state index contributed by atoms with van der Waals surface area (Å²) in [6.07, 6.45) is 5.90. The number of aromatic nitrogens is 4. The lowest BCUT2D eigenvalue weighted by Crippen LogP contribution is -2.23. The molecule has 1 amide bonds. The van der Waals surface area contributed by atoms with Crippen molar-refractivity contribution in [2.75, 3.05) is 5.73 Å². The summed E-state index contributed by atoms with van der Waals surface area (Å²) in [5, 5.41) is 6.70. The molecule has 0 saturated carbocycles. The number of nitrogens with two attached hydrogens (primary N) is 1. The molecule has 3 N–H and O–H groups in total. The van der Waals surface area contributed by atoms with Gasteiger partial charge in [-0.05, 0) is 0 Å². The molecule has 0 fully saturated rings. The molecule has 2 aromatic rings. The zero-order chi connectivity index (χ0) is 12.3. The maximum atomic E-state index is 11.7. The number of carbonyl (C=O) groups excluding carboxylic acids is 1. The monoisotopic (exact) mass is 232 g/mol. The molecule has 2 heterocycles. The van der Waals surface area contributed by atoms with Crippen molar-refractivity contribution < 1.29 is 4.79 Å². The molecule has 0 aliphatic rings. The molecule has 0 radical (unpaired) electrons. The third-order valence-electron chi connectivity index (χ3n) is 2.33. The van der Waals surface area contributed by atoms with E-state index < -0.39 is 0 Å². The fourth-order valence-electron chi connectivity index (χ4n) is 1.32. The Hall–Kier alpha value is -2.44. The number of nitrogens with one attached hydrogen (secondary N) is 1. The van der Waals surface area contributed by atoms with Crippen LogP contribution in [0.3, 0.4) is 0 Å². The summed E-state index contributed by atoms with van der Waals surface area (Å²) in [4.78, 5) is 19.2. The first-order chi connectivity index (χ1) is 8.18. The summed E-state index contributed by atoms with van der Waals surface area (Å²) in [6, 6.07) is 0. The molecule has 17 heavy (non-hydrogen) atoms. The number of aryl methyl sites for hydroxylation is 1. The topological polar surface area (TPSA) is 98.7 Å². The first-order valence-corrected chi connectivity index (χ1v) is 4.98. The lowest BCUT2D eigenvalue weighted by Gasteiger charge is -2.03. The first kappa shape index (κ1) is 11.1. The van der Waals surface area contributed by atoms with Crippen LogP contribution in [0.5, 0.6) is 0 Å². The molecule has 0 aromatic carbocycles. The lowest BCUT2D eigenvalue weighted by molar-refractivity contribution is 0.0950. The Morgan fingerprint density at radius 1 is 1.41 bits per heavy atom. The van der Waals surface area contributed by atoms with Crippen LogP contribution < -0.4 is 11.1 Å². The van der Waals surface area contributed by atoms with Crippen LogP contribution in [-0.2, 0) is 13.6 Å². The maximum absolute atomic E-state index is 11.7. The number of rotatable bonds is 3. The standard InChI is InChI=1S/C10H12N6O/c1-16-9(11)7(5-15-16)4-14-10(17)8-2-12-6-13-3-8/h2-3,5-6H,4,11H2,1H3,(H,14,17). The van der Waals surface area contributed by atoms with Crippen LogP contribution in [0.4, 0.5) is 5.82 Å². The highest BCUT2D eigenvalue weighted by Crippen LogP contribution is 2.08. The van der Waals surface area contributed by atoms with Crippen LogP contribution in [0.2, 0.25) is 0 Å². The predicted octanol–water partition coefficient (Wildman–Crippen LogP) is -0.278. The van der Waals surface area contributed by atoms with Gasteiger partial charge in [0.15, 0.2) is 0 Å². The van der Waals surface area contributed by atoms with E-state index in [1.54, 1.807) is 17.9 Å². The van der Waals surface area contributed by atoms with Crippen molar-refractivity contribution in [1.29, 1.82) is 0 Å². The first-order valence-electron chi connectivity index (χ1n) is 4.98. The van der Waals surface area contributed by atoms with Gasteiger partial charge in [-0.1, -0.05) is 0 Å². The molecule has 0 spiro atoms. The van der Waals surface area contributed by atoms with Gasteiger partial charge in [-0.2, -0.15) is 5.10 Å². The molecule has 0 bridgehead atoms. The van der Waals surface area contributed by atoms with E-state index in [9.17, 15) is 4.79 Å². The van der Waals surface area contributed by atoms with Crippen molar-refractivity contribution in [3.63, 3.8) is 0 Å². The van der Waals surface area contributed by atoms with Gasteiger partial charge in [0, 0.05) is 31.5 Å². The van der Waals surface area contributed by atoms with Crippen molar-refractivity contribution >= 4 is 11.7 Å². The van der Waals surface area contributed by atoms with E-state index in [1.165, 1.54) is 18.7 Å². The van der Waals surface area contributed by atoms with Gasteiger partial charge in [0.25, 0.3) is 5.91 Å². The largest absolute Gasteiger partial charge is 0.384 e. The van der Waals surface area contributed by atoms with Gasteiger partial charge in [-0.25, -0.2) is 9.97 Å². The number of carbonyl (C=O) groups is 1. The van der Waals surface area contributed by atoms with Crippen LogP contribution in [0.1, 0.15) is 15.9 Å². The quantitative estimate of drug-likeness (QED) is 0.758. The Labute approximate surface area is 97.7 Å². The van der Waals surface area contributed by atoms with Gasteiger partial charge < -0.3 is 11.1 Å². The van der Waals surface area contributed by atoms with Crippen LogP contribution in [0, 0.1) is 0 Å². The Bertz CT molecular complexity index is 521. The van der Waals surface area contributed by atoms with Gasteiger partial charge >= 0.3 is 0 Å². The van der Waals surface area contributed by atoms with Crippen LogP contribution in [0.15, 0.2) is 24.9 Å². The minimum absolute atomic E-state index is 0.242. The van der Waals surface area contributed by atoms with Gasteiger partial charge in [-0.15, -0.1) is 0 Å². The predicted molar refractivity (Wildman–Crippen MR) is 60.8 cm³/mol. The summed E-state index contributed by atoms with van der Waals surface area (Å²) >= 11 is 0. The van der Waals surface area contributed by atoms with Gasteiger partial charge in [0.1, 0.15) is 12.1 Å². The average molecular weight is 232 g/mol. The molecule has 0 saturated heterocycles. The zero-order valence-electron chi connectivity index (χ0n) is 9.29. The summed E-state index contributed by atoms with van der Waals surface area (Å²) in [5.74, 6) is 0.295. The molecule has 2 aromatic heterocycles. The molecule has 7 nitrogen and oxygen atoms in total. The summed E-state index contributed by atoms with van der Waals surface area (Å²) in [5.41, 5.74) is 6.94. The molecule has 0 atom stereocenters. The number of hydrogen-bond acceptors (Lipinski definition) is 5. The maximum Gasteiger partial charge on any atom is 0.254 e. The second kappa shape index (κ2) is 4.60. The Morgan fingerprint density at radius 2 is 2.12 bits per heavy atom. The normalized spacial score (nSPS) is 10.2. The highest BCUT2D eigenvalue weighted by atomic mass is 16.1. The Balaban J connectivity index is 2.00. The molecule has 88 valence electrons. The van der Waals surface area contributed by atoms with Crippen LogP contribution in [0.25, 0.3) is 0 Å². The van der Waals surface area contributed by atoms with E-state index in [1.807, 2.05) is 0 Å². The van der Waals surface area contributed by atoms with Gasteiger partial charge in [0.2, 0.25) is 0 Å². The van der Waals surface area contributed by atoms with E-state index in [0.29, 0.717) is 17.9 Å². The van der Waals surface area contributed by atoms with Crippen molar-refractivity contribution in [1.82, 2.24) is 25.1 Å². The van der Waals surface area contributed by atoms with E-state index in [-0.39, 0.29) is 5.91 Å². The van der Waals surface area contributed by atoms with Gasteiger partial charge in [-0.3, -0.25) is 9.48 Å². The fraction of sp³-hybridized carbons (Fsp3) is 0.200. The number of anilines is 1. The van der Waals surface area contributed by atoms with Crippen molar-refractivity contribution in [2.24, 2.45) is 7.05 Å².